The number of nitrogens with one attached hydrogen (secondary N) is 1. The summed E-state index contributed by atoms with van der Waals surface area (Å²) in [6, 6.07) is 8.46. The Bertz CT molecular complexity index is 950. The number of rotatable bonds is 6. The van der Waals surface area contributed by atoms with Gasteiger partial charge in [-0.2, -0.15) is 0 Å². The molecule has 24 heavy (non-hydrogen) atoms. The number of hydrogen-bond acceptors (Lipinski definition) is 6. The lowest BCUT2D eigenvalue weighted by atomic mass is 10.1. The van der Waals surface area contributed by atoms with E-state index in [2.05, 4.69) is 4.72 Å². The van der Waals surface area contributed by atoms with Crippen molar-refractivity contribution < 1.29 is 16.8 Å². The van der Waals surface area contributed by atoms with Crippen LogP contribution in [0.4, 0.5) is 5.69 Å². The zero-order chi connectivity index (χ0) is 18.1. The number of anilines is 1. The van der Waals surface area contributed by atoms with Gasteiger partial charge >= 0.3 is 0 Å². The average Bonchev–Trinajstić information content (AvgIpc) is 2.88. The maximum Gasteiger partial charge on any atom is 0.243 e. The molecule has 1 aromatic carbocycles. The standard InChI is InChI=1S/C14H17ClN2O4S3/c1-17(2)11-7-5-4-6-10(11)9-16-24(20,21)12-8-13(22-14(12)15)23(3,18)19/h4-8,16H,9H2,1-3H3. The summed E-state index contributed by atoms with van der Waals surface area (Å²) in [7, 11) is -3.72. The zero-order valence-electron chi connectivity index (χ0n) is 13.3. The molecule has 0 unspecified atom stereocenters. The van der Waals surface area contributed by atoms with Gasteiger partial charge in [-0.25, -0.2) is 21.6 Å². The molecule has 6 nitrogen and oxygen atoms in total. The molecule has 1 aromatic heterocycles. The monoisotopic (exact) mass is 408 g/mol. The molecule has 0 saturated heterocycles. The van der Waals surface area contributed by atoms with E-state index in [0.29, 0.717) is 0 Å². The molecule has 0 saturated carbocycles. The Kier molecular flexibility index (Phi) is 5.61. The first-order valence-electron chi connectivity index (χ1n) is 6.76. The van der Waals surface area contributed by atoms with Crippen LogP contribution in [0, 0.1) is 0 Å². The lowest BCUT2D eigenvalue weighted by Crippen LogP contribution is -2.24. The molecule has 0 aliphatic carbocycles. The van der Waals surface area contributed by atoms with Crippen molar-refractivity contribution in [1.29, 1.82) is 0 Å². The molecule has 2 rings (SSSR count). The van der Waals surface area contributed by atoms with E-state index in [1.165, 1.54) is 0 Å². The fraction of sp³-hybridized carbons (Fsp3) is 0.286. The Morgan fingerprint density at radius 2 is 1.79 bits per heavy atom. The molecule has 0 spiro atoms. The van der Waals surface area contributed by atoms with E-state index in [1.807, 2.05) is 43.3 Å². The second-order valence-electron chi connectivity index (χ2n) is 5.32. The van der Waals surface area contributed by atoms with Crippen LogP contribution in [0.5, 0.6) is 0 Å². The van der Waals surface area contributed by atoms with Crippen molar-refractivity contribution in [3.63, 3.8) is 0 Å². The number of benzene rings is 1. The second-order valence-corrected chi connectivity index (χ2v) is 11.0. The predicted molar refractivity (Wildman–Crippen MR) is 97.2 cm³/mol. The van der Waals surface area contributed by atoms with Gasteiger partial charge in [0.25, 0.3) is 0 Å². The second kappa shape index (κ2) is 7.01. The molecule has 0 atom stereocenters. The summed E-state index contributed by atoms with van der Waals surface area (Å²) < 4.78 is 50.3. The number of nitrogens with zero attached hydrogens (tertiary/aromatic N) is 1. The molecule has 0 bridgehead atoms. The first-order chi connectivity index (χ1) is 11.0. The SMILES string of the molecule is CN(C)c1ccccc1CNS(=O)(=O)c1cc(S(C)(=O)=O)sc1Cl. The summed E-state index contributed by atoms with van der Waals surface area (Å²) in [6.45, 7) is 0.0665. The van der Waals surface area contributed by atoms with Crippen LogP contribution >= 0.6 is 22.9 Å². The summed E-state index contributed by atoms with van der Waals surface area (Å²) in [5.74, 6) is 0. The van der Waals surface area contributed by atoms with E-state index in [9.17, 15) is 16.8 Å². The van der Waals surface area contributed by atoms with Crippen LogP contribution in [0.3, 0.4) is 0 Å². The first-order valence-corrected chi connectivity index (χ1v) is 11.3. The van der Waals surface area contributed by atoms with E-state index in [1.54, 1.807) is 0 Å². The van der Waals surface area contributed by atoms with Gasteiger partial charge in [-0.3, -0.25) is 0 Å². The van der Waals surface area contributed by atoms with Gasteiger partial charge in [0.15, 0.2) is 9.84 Å². The Labute approximate surface area is 151 Å². The normalized spacial score (nSPS) is 12.3. The quantitative estimate of drug-likeness (QED) is 0.793. The van der Waals surface area contributed by atoms with Crippen LogP contribution in [0.1, 0.15) is 5.56 Å². The van der Waals surface area contributed by atoms with Crippen LogP contribution in [-0.2, 0) is 26.4 Å². The summed E-state index contributed by atoms with van der Waals surface area (Å²) in [5.41, 5.74) is 1.68. The summed E-state index contributed by atoms with van der Waals surface area (Å²) in [4.78, 5) is 1.65. The predicted octanol–water partition coefficient (Wildman–Crippen LogP) is 2.35. The van der Waals surface area contributed by atoms with Gasteiger partial charge in [0, 0.05) is 32.6 Å². The van der Waals surface area contributed by atoms with Crippen molar-refractivity contribution in [3.05, 3.63) is 40.2 Å². The molecule has 0 amide bonds. The van der Waals surface area contributed by atoms with E-state index in [-0.39, 0.29) is 20.0 Å². The topological polar surface area (TPSA) is 83.6 Å². The maximum atomic E-state index is 12.5. The van der Waals surface area contributed by atoms with Crippen molar-refractivity contribution in [2.75, 3.05) is 25.3 Å². The summed E-state index contributed by atoms with van der Waals surface area (Å²) in [6.07, 6.45) is 1.01. The molecule has 10 heteroatoms. The van der Waals surface area contributed by atoms with Gasteiger partial charge in [-0.05, 0) is 17.7 Å². The van der Waals surface area contributed by atoms with Crippen LogP contribution in [0.25, 0.3) is 0 Å². The first kappa shape index (κ1) is 19.2. The highest BCUT2D eigenvalue weighted by molar-refractivity contribution is 7.93. The fourth-order valence-electron chi connectivity index (χ4n) is 2.04. The number of para-hydroxylation sites is 1. The van der Waals surface area contributed by atoms with Gasteiger partial charge in [0.2, 0.25) is 10.0 Å². The lowest BCUT2D eigenvalue weighted by molar-refractivity contribution is 0.581. The fourth-order valence-corrected chi connectivity index (χ4v) is 6.08. The molecule has 0 radical (unpaired) electrons. The van der Waals surface area contributed by atoms with E-state index < -0.39 is 19.9 Å². The lowest BCUT2D eigenvalue weighted by Gasteiger charge is -2.17. The van der Waals surface area contributed by atoms with Crippen LogP contribution in [0.2, 0.25) is 4.34 Å². The minimum absolute atomic E-state index is 0.0665. The molecule has 0 fully saturated rings. The van der Waals surface area contributed by atoms with Crippen molar-refractivity contribution in [1.82, 2.24) is 4.72 Å². The highest BCUT2D eigenvalue weighted by atomic mass is 35.5. The molecule has 1 heterocycles. The number of sulfone groups is 1. The number of sulfonamides is 1. The van der Waals surface area contributed by atoms with Crippen LogP contribution in [-0.4, -0.2) is 37.2 Å². The molecule has 1 N–H and O–H groups in total. The van der Waals surface area contributed by atoms with Gasteiger partial charge in [0.05, 0.1) is 0 Å². The molecule has 2 aromatic rings. The molecule has 0 aliphatic rings. The smallest absolute Gasteiger partial charge is 0.243 e. The number of thiophene rings is 1. The summed E-state index contributed by atoms with van der Waals surface area (Å²) in [5, 5.41) is 0. The van der Waals surface area contributed by atoms with Gasteiger partial charge in [-0.1, -0.05) is 29.8 Å². The molecular weight excluding hydrogens is 392 g/mol. The van der Waals surface area contributed by atoms with Gasteiger partial charge in [-0.15, -0.1) is 11.3 Å². The summed E-state index contributed by atoms with van der Waals surface area (Å²) >= 11 is 6.65. The van der Waals surface area contributed by atoms with Crippen LogP contribution in [0.15, 0.2) is 39.4 Å². The third-order valence-electron chi connectivity index (χ3n) is 3.21. The third-order valence-corrected chi connectivity index (χ3v) is 8.04. The van der Waals surface area contributed by atoms with E-state index in [4.69, 9.17) is 11.6 Å². The van der Waals surface area contributed by atoms with Crippen molar-refractivity contribution in [2.45, 2.75) is 15.6 Å². The minimum atomic E-state index is -3.93. The maximum absolute atomic E-state index is 12.5. The zero-order valence-corrected chi connectivity index (χ0v) is 16.5. The van der Waals surface area contributed by atoms with E-state index in [0.717, 1.165) is 34.9 Å². The minimum Gasteiger partial charge on any atom is -0.377 e. The highest BCUT2D eigenvalue weighted by Gasteiger charge is 2.24. The highest BCUT2D eigenvalue weighted by Crippen LogP contribution is 2.34. The molecular formula is C14H17ClN2O4S3. The van der Waals surface area contributed by atoms with Crippen molar-refractivity contribution >= 4 is 48.5 Å². The van der Waals surface area contributed by atoms with Crippen molar-refractivity contribution in [3.8, 4) is 0 Å². The van der Waals surface area contributed by atoms with Gasteiger partial charge < -0.3 is 4.90 Å². The number of halogens is 1. The Balaban J connectivity index is 2.29. The Morgan fingerprint density at radius 3 is 2.33 bits per heavy atom. The van der Waals surface area contributed by atoms with E-state index >= 15 is 0 Å². The Hall–Kier alpha value is -1.13. The van der Waals surface area contributed by atoms with Crippen molar-refractivity contribution in [2.24, 2.45) is 0 Å². The van der Waals surface area contributed by atoms with Crippen LogP contribution < -0.4 is 9.62 Å². The largest absolute Gasteiger partial charge is 0.377 e. The Morgan fingerprint density at radius 1 is 1.17 bits per heavy atom. The van der Waals surface area contributed by atoms with Gasteiger partial charge in [0.1, 0.15) is 13.4 Å². The third kappa shape index (κ3) is 4.28. The molecule has 132 valence electrons. The number of hydrogen-bond donors (Lipinski definition) is 1. The average molecular weight is 409 g/mol. The molecule has 0 aliphatic heterocycles.